The third-order valence-corrected chi connectivity index (χ3v) is 6.10. The van der Waals surface area contributed by atoms with E-state index in [1.807, 2.05) is 38.1 Å². The number of benzene rings is 2. The fourth-order valence-corrected chi connectivity index (χ4v) is 4.63. The van der Waals surface area contributed by atoms with E-state index in [-0.39, 0.29) is 24.0 Å². The minimum atomic E-state index is -0.797. The number of furan rings is 1. The van der Waals surface area contributed by atoms with Crippen LogP contribution >= 0.6 is 0 Å². The molecule has 0 radical (unpaired) electrons. The van der Waals surface area contributed by atoms with Gasteiger partial charge in [-0.05, 0) is 67.4 Å². The molecule has 2 aromatic carbocycles. The second kappa shape index (κ2) is 8.74. The first-order chi connectivity index (χ1) is 16.5. The highest BCUT2D eigenvalue weighted by Gasteiger charge is 2.46. The van der Waals surface area contributed by atoms with Gasteiger partial charge in [0.1, 0.15) is 29.1 Å². The van der Waals surface area contributed by atoms with Gasteiger partial charge in [0, 0.05) is 12.0 Å². The summed E-state index contributed by atoms with van der Waals surface area (Å²) >= 11 is 0. The van der Waals surface area contributed by atoms with Gasteiger partial charge in [0.25, 0.3) is 11.7 Å². The minimum Gasteiger partial charge on any atom is -0.507 e. The van der Waals surface area contributed by atoms with E-state index in [9.17, 15) is 14.7 Å². The van der Waals surface area contributed by atoms with Crippen LogP contribution in [0.1, 0.15) is 42.3 Å². The largest absolute Gasteiger partial charge is 0.507 e. The molecular formula is C27H25NO6. The molecule has 5 rings (SSSR count). The first-order valence-electron chi connectivity index (χ1n) is 11.3. The maximum Gasteiger partial charge on any atom is 0.296 e. The smallest absolute Gasteiger partial charge is 0.296 e. The van der Waals surface area contributed by atoms with Crippen LogP contribution < -0.4 is 9.47 Å². The van der Waals surface area contributed by atoms with Crippen LogP contribution in [0.2, 0.25) is 0 Å². The molecule has 0 aliphatic carbocycles. The second-order valence-corrected chi connectivity index (χ2v) is 8.47. The lowest BCUT2D eigenvalue weighted by atomic mass is 9.94. The van der Waals surface area contributed by atoms with Gasteiger partial charge in [-0.3, -0.25) is 9.59 Å². The number of ether oxygens (including phenoxy) is 2. The standard InChI is InChI=1S/C27H25NO6/c1-3-32-20-7-4-6-17(14-20)24-23(26(30)27(31)28(24)15-21-8-5-11-33-21)25(29)18-9-10-22-19(13-18)12-16(2)34-22/h4-11,13-14,16,24,29H,3,12,15H2,1-2H3/b25-23+/t16-,24-/m1/s1. The average molecular weight is 459 g/mol. The highest BCUT2D eigenvalue weighted by molar-refractivity contribution is 6.46. The van der Waals surface area contributed by atoms with Crippen molar-refractivity contribution in [1.29, 1.82) is 0 Å². The van der Waals surface area contributed by atoms with Crippen molar-refractivity contribution in [2.75, 3.05) is 6.61 Å². The Morgan fingerprint density at radius 2 is 2.00 bits per heavy atom. The van der Waals surface area contributed by atoms with Crippen molar-refractivity contribution in [1.82, 2.24) is 4.90 Å². The molecule has 2 aliphatic heterocycles. The third-order valence-electron chi connectivity index (χ3n) is 6.10. The van der Waals surface area contributed by atoms with E-state index in [1.165, 1.54) is 11.2 Å². The molecule has 34 heavy (non-hydrogen) atoms. The molecule has 0 spiro atoms. The Hall–Kier alpha value is -4.00. The molecule has 2 atom stereocenters. The van der Waals surface area contributed by atoms with E-state index < -0.39 is 17.7 Å². The Bertz CT molecular complexity index is 1280. The normalized spacial score (nSPS) is 20.9. The molecule has 1 aromatic heterocycles. The number of fused-ring (bicyclic) bond motifs is 1. The van der Waals surface area contributed by atoms with Gasteiger partial charge in [0.2, 0.25) is 0 Å². The monoisotopic (exact) mass is 459 g/mol. The number of aliphatic hydroxyl groups is 1. The maximum atomic E-state index is 13.2. The van der Waals surface area contributed by atoms with Gasteiger partial charge in [0.05, 0.1) is 31.0 Å². The van der Waals surface area contributed by atoms with E-state index in [2.05, 4.69) is 0 Å². The van der Waals surface area contributed by atoms with Crippen molar-refractivity contribution in [3.05, 3.63) is 88.9 Å². The molecule has 3 heterocycles. The SMILES string of the molecule is CCOc1cccc([C@@H]2/C(=C(\O)c3ccc4c(c3)C[C@@H](C)O4)C(=O)C(=O)N2Cc2ccco2)c1. The van der Waals surface area contributed by atoms with Gasteiger partial charge in [-0.15, -0.1) is 0 Å². The zero-order valence-corrected chi connectivity index (χ0v) is 19.0. The zero-order chi connectivity index (χ0) is 23.8. The second-order valence-electron chi connectivity index (χ2n) is 8.47. The molecule has 1 saturated heterocycles. The van der Waals surface area contributed by atoms with Gasteiger partial charge in [0.15, 0.2) is 0 Å². The molecule has 1 N–H and O–H groups in total. The number of amides is 1. The highest BCUT2D eigenvalue weighted by Crippen LogP contribution is 2.42. The first kappa shape index (κ1) is 21.8. The van der Waals surface area contributed by atoms with E-state index in [0.29, 0.717) is 35.7 Å². The number of aliphatic hydroxyl groups excluding tert-OH is 1. The lowest BCUT2D eigenvalue weighted by Gasteiger charge is -2.25. The van der Waals surface area contributed by atoms with Crippen molar-refractivity contribution < 1.29 is 28.6 Å². The number of carbonyl (C=O) groups is 2. The van der Waals surface area contributed by atoms with Crippen LogP contribution in [0.3, 0.4) is 0 Å². The summed E-state index contributed by atoms with van der Waals surface area (Å²) in [4.78, 5) is 27.8. The summed E-state index contributed by atoms with van der Waals surface area (Å²) in [6, 6.07) is 15.2. The Balaban J connectivity index is 1.63. The van der Waals surface area contributed by atoms with E-state index in [4.69, 9.17) is 13.9 Å². The van der Waals surface area contributed by atoms with Crippen LogP contribution in [0.4, 0.5) is 0 Å². The van der Waals surface area contributed by atoms with Crippen LogP contribution in [0.25, 0.3) is 5.76 Å². The molecule has 1 fully saturated rings. The molecule has 0 bridgehead atoms. The number of rotatable bonds is 6. The molecule has 0 saturated carbocycles. The zero-order valence-electron chi connectivity index (χ0n) is 19.0. The topological polar surface area (TPSA) is 89.2 Å². The van der Waals surface area contributed by atoms with Crippen LogP contribution in [-0.2, 0) is 22.6 Å². The highest BCUT2D eigenvalue weighted by atomic mass is 16.5. The van der Waals surface area contributed by atoms with Gasteiger partial charge in [-0.25, -0.2) is 0 Å². The lowest BCUT2D eigenvalue weighted by Crippen LogP contribution is -2.29. The number of hydrogen-bond donors (Lipinski definition) is 1. The molecule has 174 valence electrons. The molecule has 2 aliphatic rings. The maximum absolute atomic E-state index is 13.2. The number of likely N-dealkylation sites (tertiary alicyclic amines) is 1. The van der Waals surface area contributed by atoms with E-state index in [0.717, 1.165) is 11.3 Å². The van der Waals surface area contributed by atoms with Crippen molar-refractivity contribution in [2.24, 2.45) is 0 Å². The summed E-state index contributed by atoms with van der Waals surface area (Å²) < 4.78 is 16.8. The number of Topliss-reactive ketones (excluding diaryl/α,β-unsaturated/α-hetero) is 1. The molecule has 3 aromatic rings. The molecule has 0 unspecified atom stereocenters. The van der Waals surface area contributed by atoms with Crippen LogP contribution in [0, 0.1) is 0 Å². The minimum absolute atomic E-state index is 0.0390. The number of hydrogen-bond acceptors (Lipinski definition) is 6. The van der Waals surface area contributed by atoms with E-state index >= 15 is 0 Å². The fraction of sp³-hybridized carbons (Fsp3) is 0.259. The van der Waals surface area contributed by atoms with Crippen LogP contribution in [-0.4, -0.2) is 34.4 Å². The predicted octanol–water partition coefficient (Wildman–Crippen LogP) is 4.62. The fourth-order valence-electron chi connectivity index (χ4n) is 4.63. The van der Waals surface area contributed by atoms with Gasteiger partial charge in [-0.1, -0.05) is 12.1 Å². The van der Waals surface area contributed by atoms with E-state index in [1.54, 1.807) is 30.3 Å². The summed E-state index contributed by atoms with van der Waals surface area (Å²) in [6.45, 7) is 4.43. The van der Waals surface area contributed by atoms with Gasteiger partial charge in [-0.2, -0.15) is 0 Å². The van der Waals surface area contributed by atoms with Gasteiger partial charge < -0.3 is 23.9 Å². The van der Waals surface area contributed by atoms with Gasteiger partial charge >= 0.3 is 0 Å². The third kappa shape index (κ3) is 3.83. The molecule has 7 heteroatoms. The number of carbonyl (C=O) groups excluding carboxylic acids is 2. The Labute approximate surface area is 197 Å². The molecular weight excluding hydrogens is 434 g/mol. The summed E-state index contributed by atoms with van der Waals surface area (Å²) in [5.41, 5.74) is 2.13. The summed E-state index contributed by atoms with van der Waals surface area (Å²) in [7, 11) is 0. The Kier molecular flexibility index (Phi) is 5.61. The van der Waals surface area contributed by atoms with Crippen LogP contribution in [0.5, 0.6) is 11.5 Å². The number of nitrogens with zero attached hydrogens (tertiary/aromatic N) is 1. The predicted molar refractivity (Wildman–Crippen MR) is 124 cm³/mol. The lowest BCUT2D eigenvalue weighted by molar-refractivity contribution is -0.140. The van der Waals surface area contributed by atoms with Crippen molar-refractivity contribution in [3.8, 4) is 11.5 Å². The summed E-state index contributed by atoms with van der Waals surface area (Å²) in [6.07, 6.45) is 2.28. The van der Waals surface area contributed by atoms with Crippen molar-refractivity contribution in [2.45, 2.75) is 39.0 Å². The quantitative estimate of drug-likeness (QED) is 0.329. The molecule has 7 nitrogen and oxygen atoms in total. The van der Waals surface area contributed by atoms with Crippen LogP contribution in [0.15, 0.2) is 70.9 Å². The first-order valence-corrected chi connectivity index (χ1v) is 11.3. The molecule has 1 amide bonds. The Morgan fingerprint density at radius 3 is 2.76 bits per heavy atom. The summed E-state index contributed by atoms with van der Waals surface area (Å²) in [5.74, 6) is 0.283. The van der Waals surface area contributed by atoms with Crippen molar-refractivity contribution in [3.63, 3.8) is 0 Å². The number of ketones is 1. The van der Waals surface area contributed by atoms with Crippen molar-refractivity contribution >= 4 is 17.4 Å². The average Bonchev–Trinajstić information content (AvgIpc) is 3.53. The summed E-state index contributed by atoms with van der Waals surface area (Å²) in [5, 5.41) is 11.3. The Morgan fingerprint density at radius 1 is 1.15 bits per heavy atom.